The molecule has 1 atom stereocenters. The largest absolute Gasteiger partial charge is 0.497 e. The number of aromatic nitrogens is 2. The number of ether oxygens (including phenoxy) is 1. The average molecular weight is 228 g/mol. The number of rotatable bonds is 2. The fourth-order valence-electron chi connectivity index (χ4n) is 2.68. The van der Waals surface area contributed by atoms with E-state index in [0.717, 1.165) is 5.75 Å². The van der Waals surface area contributed by atoms with Crippen LogP contribution in [-0.4, -0.2) is 17.1 Å². The van der Waals surface area contributed by atoms with Crippen LogP contribution in [0.5, 0.6) is 5.75 Å². The van der Waals surface area contributed by atoms with E-state index in [9.17, 15) is 0 Å². The molecule has 3 heteroatoms. The Morgan fingerprint density at radius 1 is 1.41 bits per heavy atom. The Morgan fingerprint density at radius 2 is 2.35 bits per heavy atom. The summed E-state index contributed by atoms with van der Waals surface area (Å²) in [7, 11) is 1.72. The molecule has 0 spiro atoms. The van der Waals surface area contributed by atoms with E-state index < -0.39 is 0 Å². The molecule has 0 bridgehead atoms. The van der Waals surface area contributed by atoms with Crippen LogP contribution >= 0.6 is 0 Å². The zero-order valence-corrected chi connectivity index (χ0v) is 9.94. The molecule has 0 aliphatic heterocycles. The molecule has 0 saturated heterocycles. The van der Waals surface area contributed by atoms with Crippen LogP contribution < -0.4 is 4.74 Å². The lowest BCUT2D eigenvalue weighted by atomic mass is 9.81. The molecule has 1 aliphatic rings. The van der Waals surface area contributed by atoms with Crippen molar-refractivity contribution in [3.8, 4) is 5.75 Å². The Kier molecular flexibility index (Phi) is 2.59. The third-order valence-electron chi connectivity index (χ3n) is 3.56. The number of nitrogens with one attached hydrogen (secondary N) is 1. The van der Waals surface area contributed by atoms with E-state index in [2.05, 4.69) is 22.1 Å². The monoisotopic (exact) mass is 228 g/mol. The van der Waals surface area contributed by atoms with Gasteiger partial charge >= 0.3 is 0 Å². The number of imidazole rings is 1. The summed E-state index contributed by atoms with van der Waals surface area (Å²) < 4.78 is 5.32. The summed E-state index contributed by atoms with van der Waals surface area (Å²) in [5.41, 5.74) is 4.04. The highest BCUT2D eigenvalue weighted by molar-refractivity contribution is 5.42. The first-order valence-corrected chi connectivity index (χ1v) is 6.03. The smallest absolute Gasteiger partial charge is 0.119 e. The molecule has 0 radical (unpaired) electrons. The van der Waals surface area contributed by atoms with Gasteiger partial charge in [-0.1, -0.05) is 6.07 Å². The van der Waals surface area contributed by atoms with Crippen LogP contribution in [0.4, 0.5) is 0 Å². The van der Waals surface area contributed by atoms with Gasteiger partial charge in [-0.15, -0.1) is 0 Å². The molecule has 3 rings (SSSR count). The van der Waals surface area contributed by atoms with Crippen LogP contribution in [-0.2, 0) is 6.42 Å². The van der Waals surface area contributed by atoms with Gasteiger partial charge in [0.2, 0.25) is 0 Å². The maximum Gasteiger partial charge on any atom is 0.119 e. The molecule has 2 aromatic rings. The highest BCUT2D eigenvalue weighted by atomic mass is 16.5. The van der Waals surface area contributed by atoms with Crippen molar-refractivity contribution in [1.82, 2.24) is 9.97 Å². The summed E-state index contributed by atoms with van der Waals surface area (Å²) in [6.07, 6.45) is 7.28. The van der Waals surface area contributed by atoms with E-state index in [1.165, 1.54) is 36.1 Å². The SMILES string of the molecule is COc1ccc2c(c1)[C@H](c1cnc[nH]1)CCC2. The minimum atomic E-state index is 0.441. The Bertz CT molecular complexity index is 505. The van der Waals surface area contributed by atoms with Crippen LogP contribution in [0.15, 0.2) is 30.7 Å². The molecular formula is C14H16N2O. The van der Waals surface area contributed by atoms with Crippen LogP contribution in [0.2, 0.25) is 0 Å². The van der Waals surface area contributed by atoms with Crippen molar-refractivity contribution in [2.45, 2.75) is 25.2 Å². The predicted molar refractivity (Wildman–Crippen MR) is 66.4 cm³/mol. The predicted octanol–water partition coefficient (Wildman–Crippen LogP) is 2.89. The van der Waals surface area contributed by atoms with Crippen molar-refractivity contribution in [3.05, 3.63) is 47.5 Å². The Balaban J connectivity index is 2.06. The van der Waals surface area contributed by atoms with Crippen LogP contribution in [0.3, 0.4) is 0 Å². The van der Waals surface area contributed by atoms with Crippen LogP contribution in [0, 0.1) is 0 Å². The van der Waals surface area contributed by atoms with Gasteiger partial charge in [0.05, 0.1) is 13.4 Å². The Labute approximate surface area is 101 Å². The third-order valence-corrected chi connectivity index (χ3v) is 3.56. The van der Waals surface area contributed by atoms with Gasteiger partial charge in [-0.3, -0.25) is 0 Å². The highest BCUT2D eigenvalue weighted by Gasteiger charge is 2.23. The van der Waals surface area contributed by atoms with Crippen molar-refractivity contribution in [2.75, 3.05) is 7.11 Å². The molecule has 1 aromatic heterocycles. The third kappa shape index (κ3) is 1.82. The van der Waals surface area contributed by atoms with Gasteiger partial charge in [0.1, 0.15) is 5.75 Å². The topological polar surface area (TPSA) is 37.9 Å². The molecule has 0 fully saturated rings. The zero-order chi connectivity index (χ0) is 11.7. The van der Waals surface area contributed by atoms with Crippen LogP contribution in [0.25, 0.3) is 0 Å². The molecule has 0 saturated carbocycles. The normalized spacial score (nSPS) is 18.8. The minimum absolute atomic E-state index is 0.441. The van der Waals surface area contributed by atoms with Gasteiger partial charge in [0, 0.05) is 17.8 Å². The molecule has 0 amide bonds. The molecule has 1 aliphatic carbocycles. The number of nitrogens with zero attached hydrogens (tertiary/aromatic N) is 1. The van der Waals surface area contributed by atoms with Crippen LogP contribution in [0.1, 0.15) is 35.6 Å². The molecule has 88 valence electrons. The van der Waals surface area contributed by atoms with Crippen molar-refractivity contribution < 1.29 is 4.74 Å². The molecule has 0 unspecified atom stereocenters. The molecule has 1 aromatic carbocycles. The van der Waals surface area contributed by atoms with Crippen molar-refractivity contribution in [1.29, 1.82) is 0 Å². The maximum absolute atomic E-state index is 5.32. The number of aromatic amines is 1. The fraction of sp³-hybridized carbons (Fsp3) is 0.357. The lowest BCUT2D eigenvalue weighted by Gasteiger charge is -2.25. The maximum atomic E-state index is 5.32. The summed E-state index contributed by atoms with van der Waals surface area (Å²) in [5, 5.41) is 0. The number of benzene rings is 1. The quantitative estimate of drug-likeness (QED) is 0.858. The molecular weight excluding hydrogens is 212 g/mol. The van der Waals surface area contributed by atoms with Gasteiger partial charge < -0.3 is 9.72 Å². The summed E-state index contributed by atoms with van der Waals surface area (Å²) in [6.45, 7) is 0. The second-order valence-electron chi connectivity index (χ2n) is 4.52. The van der Waals surface area contributed by atoms with E-state index >= 15 is 0 Å². The van der Waals surface area contributed by atoms with E-state index in [4.69, 9.17) is 4.74 Å². The fourth-order valence-corrected chi connectivity index (χ4v) is 2.68. The van der Waals surface area contributed by atoms with E-state index in [1.807, 2.05) is 12.3 Å². The molecule has 1 N–H and O–H groups in total. The zero-order valence-electron chi connectivity index (χ0n) is 9.94. The number of H-pyrrole nitrogens is 1. The van der Waals surface area contributed by atoms with Crippen molar-refractivity contribution >= 4 is 0 Å². The van der Waals surface area contributed by atoms with Gasteiger partial charge in [0.15, 0.2) is 0 Å². The lowest BCUT2D eigenvalue weighted by molar-refractivity contribution is 0.413. The summed E-state index contributed by atoms with van der Waals surface area (Å²) in [6, 6.07) is 6.41. The van der Waals surface area contributed by atoms with E-state index in [-0.39, 0.29) is 0 Å². The average Bonchev–Trinajstić information content (AvgIpc) is 2.91. The first-order valence-electron chi connectivity index (χ1n) is 6.03. The van der Waals surface area contributed by atoms with Gasteiger partial charge in [-0.25, -0.2) is 4.98 Å². The number of hydrogen-bond acceptors (Lipinski definition) is 2. The van der Waals surface area contributed by atoms with Gasteiger partial charge in [0.25, 0.3) is 0 Å². The van der Waals surface area contributed by atoms with Gasteiger partial charge in [-0.05, 0) is 42.5 Å². The first-order chi connectivity index (χ1) is 8.38. The second-order valence-corrected chi connectivity index (χ2v) is 4.52. The second kappa shape index (κ2) is 4.24. The lowest BCUT2D eigenvalue weighted by Crippen LogP contribution is -2.11. The van der Waals surface area contributed by atoms with Crippen molar-refractivity contribution in [2.24, 2.45) is 0 Å². The first kappa shape index (κ1) is 10.4. The number of aryl methyl sites for hydroxylation is 1. The summed E-state index contributed by atoms with van der Waals surface area (Å²) in [5.74, 6) is 1.38. The number of hydrogen-bond donors (Lipinski definition) is 1. The number of methoxy groups -OCH3 is 1. The summed E-state index contributed by atoms with van der Waals surface area (Å²) in [4.78, 5) is 7.36. The molecule has 17 heavy (non-hydrogen) atoms. The van der Waals surface area contributed by atoms with E-state index in [1.54, 1.807) is 13.4 Å². The highest BCUT2D eigenvalue weighted by Crippen LogP contribution is 2.37. The summed E-state index contributed by atoms with van der Waals surface area (Å²) >= 11 is 0. The standard InChI is InChI=1S/C14H16N2O/c1-17-11-6-5-10-3-2-4-12(13(10)7-11)14-8-15-9-16-14/h5-9,12H,2-4H2,1H3,(H,15,16)/t12-/m1/s1. The van der Waals surface area contributed by atoms with Gasteiger partial charge in [-0.2, -0.15) is 0 Å². The Hall–Kier alpha value is -1.77. The molecule has 1 heterocycles. The van der Waals surface area contributed by atoms with E-state index in [0.29, 0.717) is 5.92 Å². The Morgan fingerprint density at radius 3 is 3.12 bits per heavy atom. The minimum Gasteiger partial charge on any atom is -0.497 e. The number of fused-ring (bicyclic) bond motifs is 1. The molecule has 3 nitrogen and oxygen atoms in total. The van der Waals surface area contributed by atoms with Crippen molar-refractivity contribution in [3.63, 3.8) is 0 Å².